The topological polar surface area (TPSA) is 81.2 Å². The Balaban J connectivity index is 1.61. The van der Waals surface area contributed by atoms with Gasteiger partial charge >= 0.3 is 0 Å². The quantitative estimate of drug-likeness (QED) is 0.919. The van der Waals surface area contributed by atoms with Crippen LogP contribution < -0.4 is 11.3 Å². The lowest BCUT2D eigenvalue weighted by molar-refractivity contribution is -0.132. The summed E-state index contributed by atoms with van der Waals surface area (Å²) in [5.74, 6) is 0.597. The van der Waals surface area contributed by atoms with Crippen molar-refractivity contribution in [2.75, 3.05) is 13.1 Å². The van der Waals surface area contributed by atoms with E-state index in [0.29, 0.717) is 29.8 Å². The zero-order valence-corrected chi connectivity index (χ0v) is 14.0. The largest absolute Gasteiger partial charge is 0.343 e. The summed E-state index contributed by atoms with van der Waals surface area (Å²) >= 11 is 0. The highest BCUT2D eigenvalue weighted by atomic mass is 16.2. The average molecular weight is 328 g/mol. The summed E-state index contributed by atoms with van der Waals surface area (Å²) in [7, 11) is 0. The highest BCUT2D eigenvalue weighted by Gasteiger charge is 2.24. The predicted molar refractivity (Wildman–Crippen MR) is 93.6 cm³/mol. The molecule has 0 radical (unpaired) electrons. The first-order valence-electron chi connectivity index (χ1n) is 8.54. The molecule has 1 fully saturated rings. The maximum atomic E-state index is 12.4. The Kier molecular flexibility index (Phi) is 4.94. The lowest BCUT2D eigenvalue weighted by atomic mass is 9.91. The maximum absolute atomic E-state index is 12.4. The number of aromatic nitrogens is 2. The molecule has 1 unspecified atom stereocenters. The molecule has 1 aliphatic heterocycles. The minimum atomic E-state index is -0.0935. The summed E-state index contributed by atoms with van der Waals surface area (Å²) in [6.07, 6.45) is 3.77. The van der Waals surface area contributed by atoms with Gasteiger partial charge in [0.25, 0.3) is 5.56 Å². The number of amides is 1. The lowest BCUT2D eigenvalue weighted by Gasteiger charge is -2.33. The van der Waals surface area contributed by atoms with Crippen LogP contribution in [0, 0.1) is 5.92 Å². The Morgan fingerprint density at radius 3 is 2.75 bits per heavy atom. The number of benzene rings is 1. The molecule has 1 amide bonds. The molecule has 1 atom stereocenters. The molecule has 2 heterocycles. The molecule has 2 N–H and O–H groups in total. The van der Waals surface area contributed by atoms with E-state index >= 15 is 0 Å². The van der Waals surface area contributed by atoms with Crippen molar-refractivity contribution in [1.82, 2.24) is 14.5 Å². The Morgan fingerprint density at radius 2 is 2.04 bits per heavy atom. The number of hydrogen-bond donors (Lipinski definition) is 1. The maximum Gasteiger partial charge on any atom is 0.261 e. The number of para-hydroxylation sites is 1. The Morgan fingerprint density at radius 1 is 1.33 bits per heavy atom. The molecule has 1 saturated heterocycles. The van der Waals surface area contributed by atoms with Gasteiger partial charge < -0.3 is 10.6 Å². The molecule has 2 aromatic rings. The average Bonchev–Trinajstić information content (AvgIpc) is 2.61. The SMILES string of the molecule is CC(N)C1CCN(C(=O)CCn2cnc3ccccc3c2=O)CC1. The second-order valence-corrected chi connectivity index (χ2v) is 6.59. The first kappa shape index (κ1) is 16.6. The summed E-state index contributed by atoms with van der Waals surface area (Å²) in [4.78, 5) is 31.0. The Hall–Kier alpha value is -2.21. The molecular formula is C18H24N4O2. The number of carbonyl (C=O) groups is 1. The lowest BCUT2D eigenvalue weighted by Crippen LogP contribution is -2.42. The number of aryl methyl sites for hydroxylation is 1. The van der Waals surface area contributed by atoms with Crippen LogP contribution in [0.2, 0.25) is 0 Å². The molecule has 1 aromatic heterocycles. The van der Waals surface area contributed by atoms with Crippen molar-refractivity contribution < 1.29 is 4.79 Å². The molecule has 128 valence electrons. The van der Waals surface area contributed by atoms with E-state index in [1.54, 1.807) is 6.07 Å². The van der Waals surface area contributed by atoms with Gasteiger partial charge in [0.15, 0.2) is 0 Å². The van der Waals surface area contributed by atoms with E-state index in [2.05, 4.69) is 4.98 Å². The standard InChI is InChI=1S/C18H24N4O2/c1-13(19)14-6-9-21(10-7-14)17(23)8-11-22-12-20-16-5-3-2-4-15(16)18(22)24/h2-5,12-14H,6-11,19H2,1H3. The van der Waals surface area contributed by atoms with Gasteiger partial charge in [-0.1, -0.05) is 12.1 Å². The Bertz CT molecular complexity index is 776. The van der Waals surface area contributed by atoms with Crippen LogP contribution in [0.15, 0.2) is 35.4 Å². The Labute approximate surface area is 141 Å². The third kappa shape index (κ3) is 3.48. The fourth-order valence-electron chi connectivity index (χ4n) is 3.31. The van der Waals surface area contributed by atoms with Crippen molar-refractivity contribution in [2.45, 2.75) is 38.8 Å². The summed E-state index contributed by atoms with van der Waals surface area (Å²) in [5, 5.41) is 0.588. The van der Waals surface area contributed by atoms with E-state index in [0.717, 1.165) is 25.9 Å². The third-order valence-corrected chi connectivity index (χ3v) is 4.93. The third-order valence-electron chi connectivity index (χ3n) is 4.93. The highest BCUT2D eigenvalue weighted by Crippen LogP contribution is 2.20. The van der Waals surface area contributed by atoms with Crippen LogP contribution in [0.5, 0.6) is 0 Å². The van der Waals surface area contributed by atoms with E-state index < -0.39 is 0 Å². The molecule has 6 nitrogen and oxygen atoms in total. The van der Waals surface area contributed by atoms with Crippen LogP contribution in [0.3, 0.4) is 0 Å². The summed E-state index contributed by atoms with van der Waals surface area (Å²) in [5.41, 5.74) is 6.53. The van der Waals surface area contributed by atoms with Gasteiger partial charge in [0, 0.05) is 32.1 Å². The molecule has 0 spiro atoms. The molecule has 0 saturated carbocycles. The van der Waals surface area contributed by atoms with Crippen LogP contribution in [0.4, 0.5) is 0 Å². The number of piperidine rings is 1. The molecule has 3 rings (SSSR count). The molecule has 6 heteroatoms. The number of nitrogens with two attached hydrogens (primary N) is 1. The number of fused-ring (bicyclic) bond motifs is 1. The first-order valence-corrected chi connectivity index (χ1v) is 8.54. The number of hydrogen-bond acceptors (Lipinski definition) is 4. The molecule has 24 heavy (non-hydrogen) atoms. The summed E-state index contributed by atoms with van der Waals surface area (Å²) in [6, 6.07) is 7.44. The predicted octanol–water partition coefficient (Wildman–Crippen LogP) is 1.37. The van der Waals surface area contributed by atoms with Crippen molar-refractivity contribution in [3.63, 3.8) is 0 Å². The van der Waals surface area contributed by atoms with Crippen LogP contribution in [-0.4, -0.2) is 39.5 Å². The van der Waals surface area contributed by atoms with E-state index in [9.17, 15) is 9.59 Å². The summed E-state index contributed by atoms with van der Waals surface area (Å²) < 4.78 is 1.52. The van der Waals surface area contributed by atoms with Gasteiger partial charge in [-0.25, -0.2) is 4.98 Å². The fraction of sp³-hybridized carbons (Fsp3) is 0.500. The fourth-order valence-corrected chi connectivity index (χ4v) is 3.31. The number of carbonyl (C=O) groups excluding carboxylic acids is 1. The second-order valence-electron chi connectivity index (χ2n) is 6.59. The van der Waals surface area contributed by atoms with Crippen molar-refractivity contribution >= 4 is 16.8 Å². The van der Waals surface area contributed by atoms with Crippen LogP contribution in [-0.2, 0) is 11.3 Å². The van der Waals surface area contributed by atoms with Crippen molar-refractivity contribution in [3.8, 4) is 0 Å². The monoisotopic (exact) mass is 328 g/mol. The molecule has 0 aliphatic carbocycles. The number of nitrogens with zero attached hydrogens (tertiary/aromatic N) is 3. The van der Waals surface area contributed by atoms with Crippen molar-refractivity contribution in [1.29, 1.82) is 0 Å². The van der Waals surface area contributed by atoms with Gasteiger partial charge in [-0.3, -0.25) is 14.2 Å². The van der Waals surface area contributed by atoms with Gasteiger partial charge in [-0.2, -0.15) is 0 Å². The van der Waals surface area contributed by atoms with Crippen molar-refractivity contribution in [3.05, 3.63) is 40.9 Å². The van der Waals surface area contributed by atoms with Crippen LogP contribution in [0.1, 0.15) is 26.2 Å². The summed E-state index contributed by atoms with van der Waals surface area (Å²) in [6.45, 7) is 3.91. The second kappa shape index (κ2) is 7.13. The van der Waals surface area contributed by atoms with E-state index in [-0.39, 0.29) is 17.5 Å². The molecule has 1 aliphatic rings. The molecule has 1 aromatic carbocycles. The van der Waals surface area contributed by atoms with Gasteiger partial charge in [0.2, 0.25) is 5.91 Å². The van der Waals surface area contributed by atoms with Crippen molar-refractivity contribution in [2.24, 2.45) is 11.7 Å². The van der Waals surface area contributed by atoms with Crippen LogP contribution in [0.25, 0.3) is 10.9 Å². The number of likely N-dealkylation sites (tertiary alicyclic amines) is 1. The smallest absolute Gasteiger partial charge is 0.261 e. The van der Waals surface area contributed by atoms with E-state index in [1.807, 2.05) is 30.0 Å². The number of rotatable bonds is 4. The first-order chi connectivity index (χ1) is 11.6. The minimum Gasteiger partial charge on any atom is -0.343 e. The van der Waals surface area contributed by atoms with Gasteiger partial charge in [0.05, 0.1) is 17.2 Å². The molecule has 0 bridgehead atoms. The van der Waals surface area contributed by atoms with Gasteiger partial charge in [0.1, 0.15) is 0 Å². The zero-order chi connectivity index (χ0) is 17.1. The van der Waals surface area contributed by atoms with Crippen LogP contribution >= 0.6 is 0 Å². The zero-order valence-electron chi connectivity index (χ0n) is 14.0. The normalized spacial score (nSPS) is 17.2. The van der Waals surface area contributed by atoms with Gasteiger partial charge in [-0.15, -0.1) is 0 Å². The van der Waals surface area contributed by atoms with E-state index in [1.165, 1.54) is 10.9 Å². The highest BCUT2D eigenvalue weighted by molar-refractivity contribution is 5.77. The molecular weight excluding hydrogens is 304 g/mol. The van der Waals surface area contributed by atoms with E-state index in [4.69, 9.17) is 5.73 Å². The minimum absolute atomic E-state index is 0.0935. The van der Waals surface area contributed by atoms with Gasteiger partial charge in [-0.05, 0) is 37.8 Å².